The molecule has 2 nitrogen and oxygen atoms in total. The van der Waals surface area contributed by atoms with E-state index in [1.165, 1.54) is 12.0 Å². The minimum absolute atomic E-state index is 0.176. The SMILES string of the molecule is CCc1ccc(CC)c(C(=O)CC2(OC)CCC2)c1. The molecule has 1 fully saturated rings. The van der Waals surface area contributed by atoms with Gasteiger partial charge in [-0.1, -0.05) is 26.0 Å². The molecule has 104 valence electrons. The van der Waals surface area contributed by atoms with Crippen LogP contribution in [0.4, 0.5) is 0 Å². The lowest BCUT2D eigenvalue weighted by molar-refractivity contribution is -0.0704. The largest absolute Gasteiger partial charge is 0.378 e. The predicted molar refractivity (Wildman–Crippen MR) is 77.7 cm³/mol. The van der Waals surface area contributed by atoms with Gasteiger partial charge in [-0.05, 0) is 49.3 Å². The first kappa shape index (κ1) is 14.3. The van der Waals surface area contributed by atoms with Crippen molar-refractivity contribution in [1.82, 2.24) is 0 Å². The number of hydrogen-bond acceptors (Lipinski definition) is 2. The number of ketones is 1. The van der Waals surface area contributed by atoms with Gasteiger partial charge in [0.2, 0.25) is 0 Å². The third-order valence-electron chi connectivity index (χ3n) is 4.44. The summed E-state index contributed by atoms with van der Waals surface area (Å²) in [6.07, 6.45) is 5.62. The fraction of sp³-hybridized carbons (Fsp3) is 0.588. The summed E-state index contributed by atoms with van der Waals surface area (Å²) in [7, 11) is 1.73. The van der Waals surface area contributed by atoms with Crippen LogP contribution in [-0.2, 0) is 17.6 Å². The minimum atomic E-state index is -0.176. The standard InChI is InChI=1S/C17H24O2/c1-4-13-7-8-14(5-2)15(11-13)16(18)12-17(19-3)9-6-10-17/h7-8,11H,4-6,9-10,12H2,1-3H3. The molecule has 2 rings (SSSR count). The Morgan fingerprint density at radius 1 is 1.26 bits per heavy atom. The monoisotopic (exact) mass is 260 g/mol. The normalized spacial score (nSPS) is 17.0. The van der Waals surface area contributed by atoms with Crippen LogP contribution in [0.5, 0.6) is 0 Å². The summed E-state index contributed by atoms with van der Waals surface area (Å²) < 4.78 is 5.58. The van der Waals surface area contributed by atoms with Crippen molar-refractivity contribution in [3.63, 3.8) is 0 Å². The van der Waals surface area contributed by atoms with E-state index < -0.39 is 0 Å². The van der Waals surface area contributed by atoms with Crippen molar-refractivity contribution in [2.24, 2.45) is 0 Å². The molecule has 0 spiro atoms. The molecule has 1 aromatic rings. The van der Waals surface area contributed by atoms with Gasteiger partial charge < -0.3 is 4.74 Å². The van der Waals surface area contributed by atoms with Crippen molar-refractivity contribution >= 4 is 5.78 Å². The Balaban J connectivity index is 2.22. The zero-order valence-electron chi connectivity index (χ0n) is 12.3. The van der Waals surface area contributed by atoms with E-state index in [1.807, 2.05) is 0 Å². The van der Waals surface area contributed by atoms with E-state index in [-0.39, 0.29) is 11.4 Å². The lowest BCUT2D eigenvalue weighted by Crippen LogP contribution is -2.41. The maximum Gasteiger partial charge on any atom is 0.166 e. The Kier molecular flexibility index (Phi) is 4.41. The fourth-order valence-electron chi connectivity index (χ4n) is 2.82. The van der Waals surface area contributed by atoms with Crippen molar-refractivity contribution < 1.29 is 9.53 Å². The summed E-state index contributed by atoms with van der Waals surface area (Å²) in [5.41, 5.74) is 3.13. The van der Waals surface area contributed by atoms with Crippen LogP contribution >= 0.6 is 0 Å². The minimum Gasteiger partial charge on any atom is -0.378 e. The summed E-state index contributed by atoms with van der Waals surface area (Å²) in [4.78, 5) is 12.6. The molecule has 0 heterocycles. The van der Waals surface area contributed by atoms with E-state index in [0.717, 1.165) is 36.8 Å². The average molecular weight is 260 g/mol. The number of methoxy groups -OCH3 is 1. The Hall–Kier alpha value is -1.15. The van der Waals surface area contributed by atoms with Crippen LogP contribution in [0.3, 0.4) is 0 Å². The average Bonchev–Trinajstić information content (AvgIpc) is 2.41. The number of carbonyl (C=O) groups excluding carboxylic acids is 1. The van der Waals surface area contributed by atoms with Gasteiger partial charge in [0.05, 0.1) is 5.60 Å². The van der Waals surface area contributed by atoms with Crippen molar-refractivity contribution in [3.8, 4) is 0 Å². The molecule has 1 aliphatic rings. The number of benzene rings is 1. The molecule has 0 aromatic heterocycles. The second-order valence-corrected chi connectivity index (χ2v) is 5.54. The molecule has 0 saturated heterocycles. The summed E-state index contributed by atoms with van der Waals surface area (Å²) in [6, 6.07) is 6.31. The number of rotatable bonds is 6. The lowest BCUT2D eigenvalue weighted by Gasteiger charge is -2.40. The number of hydrogen-bond donors (Lipinski definition) is 0. The van der Waals surface area contributed by atoms with E-state index in [0.29, 0.717) is 6.42 Å². The summed E-state index contributed by atoms with van der Waals surface area (Å²) in [5.74, 6) is 0.244. The molecule has 1 aliphatic carbocycles. The van der Waals surface area contributed by atoms with Crippen LogP contribution in [-0.4, -0.2) is 18.5 Å². The van der Waals surface area contributed by atoms with Crippen LogP contribution in [0.25, 0.3) is 0 Å². The highest BCUT2D eigenvalue weighted by atomic mass is 16.5. The second kappa shape index (κ2) is 5.87. The third-order valence-corrected chi connectivity index (χ3v) is 4.44. The van der Waals surface area contributed by atoms with Gasteiger partial charge in [0.15, 0.2) is 5.78 Å². The van der Waals surface area contributed by atoms with Gasteiger partial charge in [-0.2, -0.15) is 0 Å². The number of ether oxygens (including phenoxy) is 1. The van der Waals surface area contributed by atoms with Crippen LogP contribution in [0.2, 0.25) is 0 Å². The Labute approximate surface area is 116 Å². The van der Waals surface area contributed by atoms with E-state index >= 15 is 0 Å². The molecule has 0 radical (unpaired) electrons. The number of Topliss-reactive ketones (excluding diaryl/α,β-unsaturated/α-hetero) is 1. The van der Waals surface area contributed by atoms with Gasteiger partial charge in [-0.3, -0.25) is 4.79 Å². The molecular formula is C17H24O2. The topological polar surface area (TPSA) is 26.3 Å². The Morgan fingerprint density at radius 3 is 2.47 bits per heavy atom. The molecule has 0 aliphatic heterocycles. The van der Waals surface area contributed by atoms with E-state index in [4.69, 9.17) is 4.74 Å². The number of carbonyl (C=O) groups is 1. The van der Waals surface area contributed by atoms with Crippen LogP contribution < -0.4 is 0 Å². The summed E-state index contributed by atoms with van der Waals surface area (Å²) in [5, 5.41) is 0. The molecule has 2 heteroatoms. The maximum absolute atomic E-state index is 12.6. The second-order valence-electron chi connectivity index (χ2n) is 5.54. The van der Waals surface area contributed by atoms with E-state index in [2.05, 4.69) is 32.0 Å². The van der Waals surface area contributed by atoms with Gasteiger partial charge in [-0.25, -0.2) is 0 Å². The molecule has 0 N–H and O–H groups in total. The first-order chi connectivity index (χ1) is 9.14. The summed E-state index contributed by atoms with van der Waals surface area (Å²) in [6.45, 7) is 4.23. The zero-order valence-corrected chi connectivity index (χ0v) is 12.3. The fourth-order valence-corrected chi connectivity index (χ4v) is 2.82. The quantitative estimate of drug-likeness (QED) is 0.724. The van der Waals surface area contributed by atoms with Gasteiger partial charge in [-0.15, -0.1) is 0 Å². The highest BCUT2D eigenvalue weighted by Gasteiger charge is 2.39. The predicted octanol–water partition coefficient (Wildman–Crippen LogP) is 3.95. The van der Waals surface area contributed by atoms with Gasteiger partial charge >= 0.3 is 0 Å². The highest BCUT2D eigenvalue weighted by molar-refractivity contribution is 5.98. The number of aryl methyl sites for hydroxylation is 2. The summed E-state index contributed by atoms with van der Waals surface area (Å²) >= 11 is 0. The molecule has 1 aromatic carbocycles. The lowest BCUT2D eigenvalue weighted by atomic mass is 9.75. The highest BCUT2D eigenvalue weighted by Crippen LogP contribution is 2.39. The van der Waals surface area contributed by atoms with Crippen LogP contribution in [0.15, 0.2) is 18.2 Å². The van der Waals surface area contributed by atoms with Crippen molar-refractivity contribution in [2.75, 3.05) is 7.11 Å². The maximum atomic E-state index is 12.6. The Bertz CT molecular complexity index is 453. The Morgan fingerprint density at radius 2 is 2.00 bits per heavy atom. The molecule has 0 unspecified atom stereocenters. The zero-order chi connectivity index (χ0) is 13.9. The molecule has 0 bridgehead atoms. The van der Waals surface area contributed by atoms with Gasteiger partial charge in [0.25, 0.3) is 0 Å². The smallest absolute Gasteiger partial charge is 0.166 e. The first-order valence-corrected chi connectivity index (χ1v) is 7.34. The van der Waals surface area contributed by atoms with Crippen LogP contribution in [0.1, 0.15) is 61.0 Å². The van der Waals surface area contributed by atoms with Crippen molar-refractivity contribution in [3.05, 3.63) is 34.9 Å². The molecule has 1 saturated carbocycles. The third kappa shape index (κ3) is 2.89. The van der Waals surface area contributed by atoms with Gasteiger partial charge in [0.1, 0.15) is 0 Å². The van der Waals surface area contributed by atoms with E-state index in [1.54, 1.807) is 7.11 Å². The van der Waals surface area contributed by atoms with E-state index in [9.17, 15) is 4.79 Å². The molecule has 0 atom stereocenters. The first-order valence-electron chi connectivity index (χ1n) is 7.34. The van der Waals surface area contributed by atoms with Gasteiger partial charge in [0, 0.05) is 19.1 Å². The van der Waals surface area contributed by atoms with Crippen molar-refractivity contribution in [1.29, 1.82) is 0 Å². The molecule has 19 heavy (non-hydrogen) atoms. The molecular weight excluding hydrogens is 236 g/mol. The molecule has 0 amide bonds. The van der Waals surface area contributed by atoms with Crippen molar-refractivity contribution in [2.45, 2.75) is 58.0 Å². The van der Waals surface area contributed by atoms with Crippen LogP contribution in [0, 0.1) is 0 Å².